The summed E-state index contributed by atoms with van der Waals surface area (Å²) in [6, 6.07) is 12.2. The van der Waals surface area contributed by atoms with Gasteiger partial charge in [0.2, 0.25) is 0 Å². The van der Waals surface area contributed by atoms with E-state index in [1.54, 1.807) is 41.3 Å². The van der Waals surface area contributed by atoms with Gasteiger partial charge in [-0.05, 0) is 30.0 Å². The molecular weight excluding hydrogens is 318 g/mol. The van der Waals surface area contributed by atoms with Crippen LogP contribution in [-0.2, 0) is 0 Å². The van der Waals surface area contributed by atoms with E-state index in [1.807, 2.05) is 6.07 Å². The Morgan fingerprint density at radius 2 is 1.96 bits per heavy atom. The van der Waals surface area contributed by atoms with Crippen molar-refractivity contribution >= 4 is 22.4 Å². The maximum Gasteiger partial charge on any atom is 0.279 e. The molecule has 6 nitrogen and oxygen atoms in total. The molecule has 1 amide bonds. The molecule has 2 heterocycles. The number of nitrogens with zero attached hydrogens (tertiary/aromatic N) is 2. The lowest BCUT2D eigenvalue weighted by Crippen LogP contribution is -2.37. The largest absolute Gasteiger partial charge is 0.506 e. The molecule has 0 fully saturated rings. The molecule has 0 saturated carbocycles. The Hall–Kier alpha value is -3.15. The fourth-order valence-corrected chi connectivity index (χ4v) is 3.44. The fourth-order valence-electron chi connectivity index (χ4n) is 3.44. The van der Waals surface area contributed by atoms with Gasteiger partial charge in [-0.3, -0.25) is 9.59 Å². The van der Waals surface area contributed by atoms with Crippen molar-refractivity contribution in [1.82, 2.24) is 10.2 Å². The van der Waals surface area contributed by atoms with E-state index in [-0.39, 0.29) is 28.8 Å². The first-order chi connectivity index (χ1) is 12.1. The van der Waals surface area contributed by atoms with Gasteiger partial charge in [-0.1, -0.05) is 37.3 Å². The molecule has 126 valence electrons. The molecule has 1 unspecified atom stereocenters. The van der Waals surface area contributed by atoms with E-state index < -0.39 is 0 Å². The number of H-pyrrole nitrogens is 1. The second kappa shape index (κ2) is 5.73. The number of aromatic amines is 1. The molecule has 0 saturated heterocycles. The molecule has 2 aromatic carbocycles. The van der Waals surface area contributed by atoms with Crippen LogP contribution in [0.4, 0.5) is 5.69 Å². The summed E-state index contributed by atoms with van der Waals surface area (Å²) < 4.78 is 0. The molecule has 4 rings (SSSR count). The van der Waals surface area contributed by atoms with Gasteiger partial charge in [-0.15, -0.1) is 0 Å². The van der Waals surface area contributed by atoms with Gasteiger partial charge in [-0.25, -0.2) is 5.10 Å². The normalized spacial score (nSPS) is 16.7. The summed E-state index contributed by atoms with van der Waals surface area (Å²) >= 11 is 0. The SMILES string of the molecule is CC1CCN(C(=O)c2n[nH]c(=O)c3ccccc23)c2c(O)cccc21. The molecule has 1 aromatic heterocycles. The van der Waals surface area contributed by atoms with Crippen molar-refractivity contribution < 1.29 is 9.90 Å². The molecule has 0 spiro atoms. The Kier molecular flexibility index (Phi) is 3.53. The van der Waals surface area contributed by atoms with Crippen molar-refractivity contribution in [1.29, 1.82) is 0 Å². The summed E-state index contributed by atoms with van der Waals surface area (Å²) in [5.74, 6) is -0.000311. The van der Waals surface area contributed by atoms with Crippen LogP contribution in [-0.4, -0.2) is 27.8 Å². The predicted molar refractivity (Wildman–Crippen MR) is 95.2 cm³/mol. The lowest BCUT2D eigenvalue weighted by Gasteiger charge is -2.33. The molecule has 0 aliphatic carbocycles. The van der Waals surface area contributed by atoms with Crippen molar-refractivity contribution in [3.8, 4) is 5.75 Å². The lowest BCUT2D eigenvalue weighted by molar-refractivity contribution is 0.0979. The van der Waals surface area contributed by atoms with E-state index in [0.717, 1.165) is 12.0 Å². The third kappa shape index (κ3) is 2.38. The second-order valence-electron chi connectivity index (χ2n) is 6.31. The third-order valence-corrected chi connectivity index (χ3v) is 4.78. The van der Waals surface area contributed by atoms with Crippen LogP contribution in [0.15, 0.2) is 47.3 Å². The van der Waals surface area contributed by atoms with Crippen LogP contribution < -0.4 is 10.5 Å². The number of fused-ring (bicyclic) bond motifs is 2. The summed E-state index contributed by atoms with van der Waals surface area (Å²) in [7, 11) is 0. The Morgan fingerprint density at radius 1 is 1.20 bits per heavy atom. The average molecular weight is 335 g/mol. The topological polar surface area (TPSA) is 86.3 Å². The van der Waals surface area contributed by atoms with Crippen molar-refractivity contribution in [2.75, 3.05) is 11.4 Å². The van der Waals surface area contributed by atoms with Gasteiger partial charge < -0.3 is 10.0 Å². The number of aromatic nitrogens is 2. The minimum absolute atomic E-state index is 0.0751. The molecule has 0 radical (unpaired) electrons. The minimum atomic E-state index is -0.331. The third-order valence-electron chi connectivity index (χ3n) is 4.78. The highest BCUT2D eigenvalue weighted by Crippen LogP contribution is 2.41. The number of aromatic hydroxyl groups is 1. The number of anilines is 1. The smallest absolute Gasteiger partial charge is 0.279 e. The van der Waals surface area contributed by atoms with E-state index in [9.17, 15) is 14.7 Å². The zero-order valence-electron chi connectivity index (χ0n) is 13.7. The molecule has 3 aromatic rings. The van der Waals surface area contributed by atoms with Gasteiger partial charge in [0.25, 0.3) is 11.5 Å². The number of para-hydroxylation sites is 1. The number of benzene rings is 2. The first kappa shape index (κ1) is 15.4. The summed E-state index contributed by atoms with van der Waals surface area (Å²) in [6.07, 6.45) is 0.795. The van der Waals surface area contributed by atoms with Crippen LogP contribution in [0.25, 0.3) is 10.8 Å². The van der Waals surface area contributed by atoms with Crippen LogP contribution in [0.3, 0.4) is 0 Å². The number of phenols is 1. The zero-order chi connectivity index (χ0) is 17.6. The molecule has 1 aliphatic heterocycles. The number of rotatable bonds is 1. The molecule has 1 aliphatic rings. The Labute approximate surface area is 143 Å². The molecule has 25 heavy (non-hydrogen) atoms. The van der Waals surface area contributed by atoms with Crippen LogP contribution in [0.2, 0.25) is 0 Å². The van der Waals surface area contributed by atoms with Crippen LogP contribution in [0.5, 0.6) is 5.75 Å². The van der Waals surface area contributed by atoms with Gasteiger partial charge in [0.05, 0.1) is 11.1 Å². The number of carbonyl (C=O) groups is 1. The summed E-state index contributed by atoms with van der Waals surface area (Å²) in [4.78, 5) is 26.7. The fraction of sp³-hybridized carbons (Fsp3) is 0.211. The standard InChI is InChI=1S/C19H17N3O3/c1-11-9-10-22(17-12(11)7-4-8-15(17)23)19(25)16-13-5-2-3-6-14(13)18(24)21-20-16/h2-8,11,23H,9-10H2,1H3,(H,21,24). The van der Waals surface area contributed by atoms with Gasteiger partial charge in [0, 0.05) is 11.9 Å². The number of nitrogens with one attached hydrogen (secondary N) is 1. The molecule has 1 atom stereocenters. The van der Waals surface area contributed by atoms with Gasteiger partial charge >= 0.3 is 0 Å². The highest BCUT2D eigenvalue weighted by atomic mass is 16.3. The number of hydrogen-bond donors (Lipinski definition) is 2. The maximum atomic E-state index is 13.2. The van der Waals surface area contributed by atoms with E-state index in [2.05, 4.69) is 17.1 Å². The lowest BCUT2D eigenvalue weighted by atomic mass is 9.91. The van der Waals surface area contributed by atoms with Gasteiger partial charge in [0.1, 0.15) is 5.75 Å². The molecule has 6 heteroatoms. The van der Waals surface area contributed by atoms with E-state index >= 15 is 0 Å². The van der Waals surface area contributed by atoms with E-state index in [0.29, 0.717) is 23.0 Å². The number of carbonyl (C=O) groups excluding carboxylic acids is 1. The number of phenolic OH excluding ortho intramolecular Hbond substituents is 1. The van der Waals surface area contributed by atoms with Crippen LogP contribution in [0.1, 0.15) is 35.3 Å². The number of amides is 1. The first-order valence-electron chi connectivity index (χ1n) is 8.19. The Bertz CT molecular complexity index is 1040. The van der Waals surface area contributed by atoms with Crippen LogP contribution >= 0.6 is 0 Å². The summed E-state index contributed by atoms with van der Waals surface area (Å²) in [5.41, 5.74) is 1.32. The molecular formula is C19H17N3O3. The summed E-state index contributed by atoms with van der Waals surface area (Å²) in [6.45, 7) is 2.56. The number of hydrogen-bond acceptors (Lipinski definition) is 4. The first-order valence-corrected chi connectivity index (χ1v) is 8.19. The van der Waals surface area contributed by atoms with Gasteiger partial charge in [-0.2, -0.15) is 5.10 Å². The average Bonchev–Trinajstić information content (AvgIpc) is 2.63. The van der Waals surface area contributed by atoms with Gasteiger partial charge in [0.15, 0.2) is 5.69 Å². The monoisotopic (exact) mass is 335 g/mol. The zero-order valence-corrected chi connectivity index (χ0v) is 13.7. The van der Waals surface area contributed by atoms with Crippen LogP contribution in [0, 0.1) is 0 Å². The second-order valence-corrected chi connectivity index (χ2v) is 6.31. The van der Waals surface area contributed by atoms with Crippen molar-refractivity contribution in [3.63, 3.8) is 0 Å². The predicted octanol–water partition coefficient (Wildman–Crippen LogP) is 2.78. The van der Waals surface area contributed by atoms with E-state index in [1.165, 1.54) is 0 Å². The van der Waals surface area contributed by atoms with Crippen molar-refractivity contribution in [2.45, 2.75) is 19.3 Å². The van der Waals surface area contributed by atoms with Crippen molar-refractivity contribution in [3.05, 3.63) is 64.1 Å². The highest BCUT2D eigenvalue weighted by Gasteiger charge is 2.31. The van der Waals surface area contributed by atoms with Crippen molar-refractivity contribution in [2.24, 2.45) is 0 Å². The molecule has 0 bridgehead atoms. The minimum Gasteiger partial charge on any atom is -0.506 e. The quantitative estimate of drug-likeness (QED) is 0.716. The highest BCUT2D eigenvalue weighted by molar-refractivity contribution is 6.13. The molecule has 2 N–H and O–H groups in total. The Balaban J connectivity index is 1.88. The summed E-state index contributed by atoms with van der Waals surface area (Å²) in [5, 5.41) is 17.6. The maximum absolute atomic E-state index is 13.2. The Morgan fingerprint density at radius 3 is 2.76 bits per heavy atom. The van der Waals surface area contributed by atoms with E-state index in [4.69, 9.17) is 0 Å².